The lowest BCUT2D eigenvalue weighted by molar-refractivity contribution is 0.0836. The van der Waals surface area contributed by atoms with Crippen LogP contribution in [0.5, 0.6) is 5.75 Å². The third-order valence-corrected chi connectivity index (χ3v) is 5.43. The van der Waals surface area contributed by atoms with Crippen molar-refractivity contribution in [3.63, 3.8) is 0 Å². The van der Waals surface area contributed by atoms with Gasteiger partial charge in [-0.2, -0.15) is 0 Å². The number of anilines is 1. The molecule has 3 heterocycles. The average molecular weight is 402 g/mol. The van der Waals surface area contributed by atoms with E-state index in [9.17, 15) is 4.79 Å². The van der Waals surface area contributed by atoms with Crippen LogP contribution in [0.2, 0.25) is 5.02 Å². The molecule has 148 valence electrons. The summed E-state index contributed by atoms with van der Waals surface area (Å²) in [7, 11) is 1.59. The van der Waals surface area contributed by atoms with Crippen molar-refractivity contribution in [1.82, 2.24) is 14.5 Å². The molecule has 0 N–H and O–H groups in total. The number of halogens is 1. The number of benzene rings is 1. The summed E-state index contributed by atoms with van der Waals surface area (Å²) in [6, 6.07) is 5.70. The Morgan fingerprint density at radius 2 is 2.11 bits per heavy atom. The van der Waals surface area contributed by atoms with Gasteiger partial charge in [0, 0.05) is 25.6 Å². The van der Waals surface area contributed by atoms with E-state index in [0.717, 1.165) is 17.9 Å². The fourth-order valence-corrected chi connectivity index (χ4v) is 4.10. The summed E-state index contributed by atoms with van der Waals surface area (Å²) in [4.78, 5) is 26.5. The lowest BCUT2D eigenvalue weighted by atomic mass is 10.1. The number of carbonyl (C=O) groups is 1. The minimum atomic E-state index is -0.0478. The van der Waals surface area contributed by atoms with Crippen LogP contribution < -0.4 is 9.64 Å². The molecule has 0 saturated carbocycles. The Bertz CT molecular complexity index is 966. The van der Waals surface area contributed by atoms with Gasteiger partial charge in [-0.25, -0.2) is 4.98 Å². The zero-order valence-electron chi connectivity index (χ0n) is 16.6. The van der Waals surface area contributed by atoms with Crippen LogP contribution in [-0.4, -0.2) is 53.1 Å². The van der Waals surface area contributed by atoms with Crippen LogP contribution in [0.4, 0.5) is 5.82 Å². The number of nitrogens with zero attached hydrogens (tertiary/aromatic N) is 5. The number of fused-ring (bicyclic) bond motifs is 3. The molecule has 1 amide bonds. The Morgan fingerprint density at radius 1 is 1.32 bits per heavy atom. The highest BCUT2D eigenvalue weighted by Crippen LogP contribution is 2.34. The molecule has 0 radical (unpaired) electrons. The van der Waals surface area contributed by atoms with Crippen LogP contribution >= 0.6 is 11.6 Å². The first-order valence-electron chi connectivity index (χ1n) is 9.52. The molecule has 0 unspecified atom stereocenters. The molecule has 0 aliphatic carbocycles. The first-order chi connectivity index (χ1) is 13.5. The molecule has 0 saturated heterocycles. The van der Waals surface area contributed by atoms with E-state index in [1.165, 1.54) is 0 Å². The maximum absolute atomic E-state index is 13.3. The van der Waals surface area contributed by atoms with Gasteiger partial charge in [0.2, 0.25) is 5.96 Å². The number of guanidine groups is 1. The van der Waals surface area contributed by atoms with E-state index < -0.39 is 0 Å². The zero-order chi connectivity index (χ0) is 20.0. The molecule has 0 bridgehead atoms. The van der Waals surface area contributed by atoms with E-state index in [2.05, 4.69) is 23.7 Å². The van der Waals surface area contributed by atoms with Crippen molar-refractivity contribution in [2.75, 3.05) is 31.6 Å². The van der Waals surface area contributed by atoms with Crippen molar-refractivity contribution in [2.24, 2.45) is 4.99 Å². The summed E-state index contributed by atoms with van der Waals surface area (Å²) in [5.74, 6) is 3.07. The van der Waals surface area contributed by atoms with Crippen molar-refractivity contribution in [2.45, 2.75) is 33.2 Å². The molecule has 8 heteroatoms. The van der Waals surface area contributed by atoms with E-state index in [-0.39, 0.29) is 11.8 Å². The second-order valence-electron chi connectivity index (χ2n) is 7.23. The number of carbonyl (C=O) groups excluding carboxylic acids is 1. The number of aromatic nitrogens is 2. The number of ether oxygens (including phenoxy) is 1. The highest BCUT2D eigenvalue weighted by atomic mass is 35.5. The Kier molecular flexibility index (Phi) is 4.79. The predicted molar refractivity (Wildman–Crippen MR) is 110 cm³/mol. The van der Waals surface area contributed by atoms with E-state index in [1.807, 2.05) is 29.7 Å². The maximum Gasteiger partial charge on any atom is 0.281 e. The minimum Gasteiger partial charge on any atom is -0.495 e. The monoisotopic (exact) mass is 401 g/mol. The summed E-state index contributed by atoms with van der Waals surface area (Å²) < 4.78 is 7.28. The number of aliphatic imine (C=N–C) groups is 1. The van der Waals surface area contributed by atoms with Crippen LogP contribution in [0.3, 0.4) is 0 Å². The predicted octanol–water partition coefficient (Wildman–Crippen LogP) is 3.37. The Morgan fingerprint density at radius 3 is 2.75 bits per heavy atom. The van der Waals surface area contributed by atoms with Gasteiger partial charge in [-0.05, 0) is 24.6 Å². The zero-order valence-corrected chi connectivity index (χ0v) is 17.3. The average Bonchev–Trinajstić information content (AvgIpc) is 3.27. The third kappa shape index (κ3) is 2.85. The molecular formula is C20H24ClN5O2. The molecule has 1 aromatic carbocycles. The van der Waals surface area contributed by atoms with Gasteiger partial charge in [-0.1, -0.05) is 31.5 Å². The van der Waals surface area contributed by atoms with Gasteiger partial charge in [0.25, 0.3) is 5.91 Å². The van der Waals surface area contributed by atoms with Gasteiger partial charge < -0.3 is 9.30 Å². The third-order valence-electron chi connectivity index (χ3n) is 5.13. The van der Waals surface area contributed by atoms with Gasteiger partial charge in [-0.15, -0.1) is 0 Å². The molecule has 7 nitrogen and oxygen atoms in total. The molecule has 0 spiro atoms. The van der Waals surface area contributed by atoms with Gasteiger partial charge >= 0.3 is 0 Å². The quantitative estimate of drug-likeness (QED) is 0.770. The van der Waals surface area contributed by atoms with E-state index in [1.54, 1.807) is 12.0 Å². The number of rotatable bonds is 5. The fourth-order valence-electron chi connectivity index (χ4n) is 3.82. The van der Waals surface area contributed by atoms with E-state index >= 15 is 0 Å². The number of hydrogen-bond acceptors (Lipinski definition) is 5. The second-order valence-corrected chi connectivity index (χ2v) is 7.64. The molecule has 28 heavy (non-hydrogen) atoms. The van der Waals surface area contributed by atoms with Crippen molar-refractivity contribution >= 4 is 29.3 Å². The standard InChI is InChI=1S/C20H24ClN5O2/c1-5-24-19(27)16-18(25-9-8-22-20(24)25)23-17(12(2)3)26(16)11-13-6-7-15(28-4)14(21)10-13/h6-7,10,12H,5,8-9,11H2,1-4H3. The molecule has 2 aliphatic rings. The molecule has 1 aromatic heterocycles. The van der Waals surface area contributed by atoms with Gasteiger partial charge in [0.1, 0.15) is 11.6 Å². The van der Waals surface area contributed by atoms with Gasteiger partial charge in [-0.3, -0.25) is 19.6 Å². The maximum atomic E-state index is 13.3. The molecule has 0 atom stereocenters. The van der Waals surface area contributed by atoms with Gasteiger partial charge in [0.05, 0.1) is 18.7 Å². The SMILES string of the molecule is CCN1C(=O)c2c(nc(C(C)C)n2Cc2ccc(OC)c(Cl)c2)N2CCN=C12. The van der Waals surface area contributed by atoms with E-state index in [0.29, 0.717) is 47.9 Å². The summed E-state index contributed by atoms with van der Waals surface area (Å²) in [5, 5.41) is 0.551. The normalized spacial score (nSPS) is 15.8. The van der Waals surface area contributed by atoms with Crippen LogP contribution in [0.15, 0.2) is 23.2 Å². The summed E-state index contributed by atoms with van der Waals surface area (Å²) in [5.41, 5.74) is 1.61. The topological polar surface area (TPSA) is 63.0 Å². The largest absolute Gasteiger partial charge is 0.495 e. The Hall–Kier alpha value is -2.54. The van der Waals surface area contributed by atoms with Crippen molar-refractivity contribution in [3.05, 3.63) is 40.3 Å². The number of imidazole rings is 1. The van der Waals surface area contributed by atoms with Crippen LogP contribution in [-0.2, 0) is 6.54 Å². The second kappa shape index (κ2) is 7.13. The van der Waals surface area contributed by atoms with Crippen LogP contribution in [0, 0.1) is 0 Å². The highest BCUT2D eigenvalue weighted by molar-refractivity contribution is 6.32. The minimum absolute atomic E-state index is 0.0478. The van der Waals surface area contributed by atoms with Crippen LogP contribution in [0.1, 0.15) is 48.6 Å². The number of hydrogen-bond donors (Lipinski definition) is 0. The number of methoxy groups -OCH3 is 1. The summed E-state index contributed by atoms with van der Waals surface area (Å²) >= 11 is 6.31. The fraction of sp³-hybridized carbons (Fsp3) is 0.450. The highest BCUT2D eigenvalue weighted by Gasteiger charge is 2.41. The van der Waals surface area contributed by atoms with Gasteiger partial charge in [0.15, 0.2) is 11.5 Å². The lowest BCUT2D eigenvalue weighted by Crippen LogP contribution is -2.50. The summed E-state index contributed by atoms with van der Waals surface area (Å²) in [6.45, 7) is 8.66. The van der Waals surface area contributed by atoms with Crippen molar-refractivity contribution in [3.8, 4) is 5.75 Å². The van der Waals surface area contributed by atoms with E-state index in [4.69, 9.17) is 21.3 Å². The van der Waals surface area contributed by atoms with Crippen molar-refractivity contribution in [1.29, 1.82) is 0 Å². The Labute approximate surface area is 169 Å². The van der Waals surface area contributed by atoms with Crippen LogP contribution in [0.25, 0.3) is 0 Å². The number of amides is 1. The molecule has 2 aromatic rings. The van der Waals surface area contributed by atoms with Crippen molar-refractivity contribution < 1.29 is 9.53 Å². The molecule has 2 aliphatic heterocycles. The molecule has 4 rings (SSSR count). The molecular weight excluding hydrogens is 378 g/mol. The smallest absolute Gasteiger partial charge is 0.281 e. The Balaban J connectivity index is 1.83. The lowest BCUT2D eigenvalue weighted by Gasteiger charge is -2.33. The summed E-state index contributed by atoms with van der Waals surface area (Å²) in [6.07, 6.45) is 0. The first-order valence-corrected chi connectivity index (χ1v) is 9.90. The first kappa shape index (κ1) is 18.8. The molecule has 0 fully saturated rings.